The fourth-order valence-corrected chi connectivity index (χ4v) is 5.90. The van der Waals surface area contributed by atoms with Crippen molar-refractivity contribution in [3.63, 3.8) is 0 Å². The molecule has 29 heavy (non-hydrogen) atoms. The normalized spacial score (nSPS) is 21.3. The zero-order valence-electron chi connectivity index (χ0n) is 17.5. The lowest BCUT2D eigenvalue weighted by molar-refractivity contribution is -0.0500. The predicted molar refractivity (Wildman–Crippen MR) is 106 cm³/mol. The van der Waals surface area contributed by atoms with Gasteiger partial charge in [-0.2, -0.15) is 21.6 Å². The van der Waals surface area contributed by atoms with Crippen LogP contribution in [0.25, 0.3) is 0 Å². The minimum atomic E-state index is -5.70. The summed E-state index contributed by atoms with van der Waals surface area (Å²) in [6.07, 6.45) is 7.15. The van der Waals surface area contributed by atoms with Gasteiger partial charge in [-0.25, -0.2) is 0 Å². The van der Waals surface area contributed by atoms with Crippen molar-refractivity contribution in [1.82, 2.24) is 4.90 Å². The third-order valence-corrected chi connectivity index (χ3v) is 7.50. The van der Waals surface area contributed by atoms with Crippen molar-refractivity contribution in [3.05, 3.63) is 28.8 Å². The molecule has 0 amide bonds. The summed E-state index contributed by atoms with van der Waals surface area (Å²) < 4.78 is 66.2. The molecule has 1 heterocycles. The Balaban J connectivity index is 2.14. The van der Waals surface area contributed by atoms with Crippen molar-refractivity contribution in [2.24, 2.45) is 0 Å². The van der Waals surface area contributed by atoms with E-state index in [1.54, 1.807) is 6.07 Å². The van der Waals surface area contributed by atoms with Crippen LogP contribution in [0.4, 0.5) is 13.2 Å². The number of aryl methyl sites for hydroxylation is 1. The molecule has 1 spiro atoms. The van der Waals surface area contributed by atoms with E-state index in [2.05, 4.69) is 29.9 Å². The van der Waals surface area contributed by atoms with Gasteiger partial charge in [0.25, 0.3) is 0 Å². The summed E-state index contributed by atoms with van der Waals surface area (Å²) in [7, 11) is -5.70. The summed E-state index contributed by atoms with van der Waals surface area (Å²) in [4.78, 5) is 2.50. The number of alkyl halides is 3. The fourth-order valence-electron chi connectivity index (χ4n) is 5.46. The van der Waals surface area contributed by atoms with Gasteiger partial charge in [0.2, 0.25) is 0 Å². The van der Waals surface area contributed by atoms with Crippen molar-refractivity contribution in [3.8, 4) is 5.75 Å². The van der Waals surface area contributed by atoms with Crippen LogP contribution in [0.5, 0.6) is 5.75 Å². The molecule has 0 N–H and O–H groups in total. The lowest BCUT2D eigenvalue weighted by Gasteiger charge is -2.47. The minimum Gasteiger partial charge on any atom is -0.376 e. The van der Waals surface area contributed by atoms with Crippen LogP contribution in [0.3, 0.4) is 0 Å². The minimum absolute atomic E-state index is 0.253. The molecule has 0 radical (unpaired) electrons. The maximum Gasteiger partial charge on any atom is 0.534 e. The lowest BCUT2D eigenvalue weighted by atomic mass is 9.76. The molecule has 164 valence electrons. The largest absolute Gasteiger partial charge is 0.534 e. The number of hydrogen-bond acceptors (Lipinski definition) is 4. The Bertz CT molecular complexity index is 872. The summed E-state index contributed by atoms with van der Waals surface area (Å²) in [6, 6.07) is 2.97. The van der Waals surface area contributed by atoms with E-state index in [1.807, 2.05) is 6.92 Å². The molecule has 3 rings (SSSR count). The van der Waals surface area contributed by atoms with Crippen LogP contribution in [0.1, 0.15) is 82.4 Å². The van der Waals surface area contributed by atoms with Crippen LogP contribution >= 0.6 is 0 Å². The molecular formula is C21H30F3NO3S. The van der Waals surface area contributed by atoms with Crippen molar-refractivity contribution in [1.29, 1.82) is 0 Å². The molecule has 1 aliphatic heterocycles. The van der Waals surface area contributed by atoms with Crippen molar-refractivity contribution in [2.45, 2.75) is 89.2 Å². The number of nitrogens with zero attached hydrogens (tertiary/aromatic N) is 1. The molecule has 2 aliphatic rings. The van der Waals surface area contributed by atoms with Gasteiger partial charge in [-0.05, 0) is 75.4 Å². The Morgan fingerprint density at radius 3 is 2.31 bits per heavy atom. The van der Waals surface area contributed by atoms with Gasteiger partial charge in [0.15, 0.2) is 0 Å². The summed E-state index contributed by atoms with van der Waals surface area (Å²) in [5, 5.41) is 0. The average molecular weight is 434 g/mol. The van der Waals surface area contributed by atoms with E-state index in [0.717, 1.165) is 68.2 Å². The van der Waals surface area contributed by atoms with E-state index in [-0.39, 0.29) is 16.8 Å². The van der Waals surface area contributed by atoms with Gasteiger partial charge < -0.3 is 4.18 Å². The Morgan fingerprint density at radius 2 is 1.76 bits per heavy atom. The third kappa shape index (κ3) is 3.67. The van der Waals surface area contributed by atoms with E-state index in [1.165, 1.54) is 6.07 Å². The third-order valence-electron chi connectivity index (χ3n) is 6.52. The maximum absolute atomic E-state index is 12.8. The first kappa shape index (κ1) is 22.4. The zero-order chi connectivity index (χ0) is 21.7. The average Bonchev–Trinajstić information content (AvgIpc) is 2.77. The molecular weight excluding hydrogens is 403 g/mol. The van der Waals surface area contributed by atoms with Crippen LogP contribution < -0.4 is 4.18 Å². The first-order valence-corrected chi connectivity index (χ1v) is 11.7. The highest BCUT2D eigenvalue weighted by Gasteiger charge is 2.55. The predicted octanol–water partition coefficient (Wildman–Crippen LogP) is 5.73. The van der Waals surface area contributed by atoms with Crippen LogP contribution in [-0.2, 0) is 21.2 Å². The molecule has 1 saturated carbocycles. The van der Waals surface area contributed by atoms with Gasteiger partial charge in [-0.3, -0.25) is 4.90 Å². The van der Waals surface area contributed by atoms with Gasteiger partial charge in [-0.15, -0.1) is 0 Å². The molecule has 0 saturated heterocycles. The quantitative estimate of drug-likeness (QED) is 0.439. The first-order chi connectivity index (χ1) is 13.4. The highest BCUT2D eigenvalue weighted by atomic mass is 32.2. The number of fused-ring (bicyclic) bond motifs is 2. The summed E-state index contributed by atoms with van der Waals surface area (Å²) in [5.74, 6) is -0.253. The fraction of sp³-hybridized carbons (Fsp3) is 0.714. The Hall–Kier alpha value is -1.28. The summed E-state index contributed by atoms with van der Waals surface area (Å²) in [6.45, 7) is 9.18. The number of unbranched alkanes of at least 4 members (excludes halogenated alkanes) is 1. The molecule has 0 atom stereocenters. The standard InChI is InChI=1S/C21H30F3NO3S/c1-5-6-12-25-19(3,4)18-15(2)13-16(28-29(26,27)21(22,23)24)14-17(18)20(25)10-8-7-9-11-20/h13-14H,5-12H2,1-4H3. The van der Waals surface area contributed by atoms with Crippen LogP contribution in [0.2, 0.25) is 0 Å². The SMILES string of the molecule is CCCCN1C(C)(C)c2c(C)cc(OS(=O)(=O)C(F)(F)F)cc2C12CCCCC2. The van der Waals surface area contributed by atoms with E-state index >= 15 is 0 Å². The van der Waals surface area contributed by atoms with Gasteiger partial charge in [0.1, 0.15) is 5.75 Å². The lowest BCUT2D eigenvalue weighted by Crippen LogP contribution is -2.50. The van der Waals surface area contributed by atoms with Crippen molar-refractivity contribution >= 4 is 10.1 Å². The van der Waals surface area contributed by atoms with Crippen molar-refractivity contribution in [2.75, 3.05) is 6.54 Å². The Kier molecular flexibility index (Phi) is 5.75. The second-order valence-electron chi connectivity index (χ2n) is 8.80. The van der Waals surface area contributed by atoms with E-state index in [0.29, 0.717) is 0 Å². The summed E-state index contributed by atoms with van der Waals surface area (Å²) >= 11 is 0. The summed E-state index contributed by atoms with van der Waals surface area (Å²) in [5.41, 5.74) is -3.22. The van der Waals surface area contributed by atoms with Gasteiger partial charge in [-0.1, -0.05) is 32.6 Å². The number of hydrogen-bond donors (Lipinski definition) is 0. The highest BCUT2D eigenvalue weighted by molar-refractivity contribution is 7.88. The number of benzene rings is 1. The molecule has 1 fully saturated rings. The molecule has 0 aromatic heterocycles. The van der Waals surface area contributed by atoms with E-state index in [9.17, 15) is 21.6 Å². The number of rotatable bonds is 5. The van der Waals surface area contributed by atoms with Gasteiger partial charge in [0.05, 0.1) is 0 Å². The molecule has 1 aromatic rings. The van der Waals surface area contributed by atoms with Crippen LogP contribution in [-0.4, -0.2) is 25.4 Å². The second-order valence-corrected chi connectivity index (χ2v) is 10.3. The molecule has 8 heteroatoms. The monoisotopic (exact) mass is 433 g/mol. The second kappa shape index (κ2) is 7.45. The first-order valence-electron chi connectivity index (χ1n) is 10.3. The Labute approximate surface area is 171 Å². The smallest absolute Gasteiger partial charge is 0.376 e. The molecule has 4 nitrogen and oxygen atoms in total. The Morgan fingerprint density at radius 1 is 1.14 bits per heavy atom. The molecule has 0 unspecified atom stereocenters. The molecule has 1 aromatic carbocycles. The van der Waals surface area contributed by atoms with Gasteiger partial charge >= 0.3 is 15.6 Å². The zero-order valence-corrected chi connectivity index (χ0v) is 18.3. The highest BCUT2D eigenvalue weighted by Crippen LogP contribution is 2.57. The molecule has 1 aliphatic carbocycles. The van der Waals surface area contributed by atoms with Gasteiger partial charge in [0, 0.05) is 11.1 Å². The van der Waals surface area contributed by atoms with Crippen molar-refractivity contribution < 1.29 is 25.8 Å². The molecule has 0 bridgehead atoms. The number of halogens is 3. The van der Waals surface area contributed by atoms with E-state index < -0.39 is 15.6 Å². The van der Waals surface area contributed by atoms with E-state index in [4.69, 9.17) is 0 Å². The maximum atomic E-state index is 12.8. The van der Waals surface area contributed by atoms with Crippen LogP contribution in [0, 0.1) is 6.92 Å². The topological polar surface area (TPSA) is 46.6 Å². The van der Waals surface area contributed by atoms with Crippen LogP contribution in [0.15, 0.2) is 12.1 Å².